The highest BCUT2D eigenvalue weighted by Crippen LogP contribution is 2.24. The van der Waals surface area contributed by atoms with Crippen molar-refractivity contribution in [1.82, 2.24) is 0 Å². The highest BCUT2D eigenvalue weighted by Gasteiger charge is 2.18. The van der Waals surface area contributed by atoms with Crippen molar-refractivity contribution in [1.29, 1.82) is 0 Å². The van der Waals surface area contributed by atoms with Gasteiger partial charge in [0.25, 0.3) is 0 Å². The van der Waals surface area contributed by atoms with Gasteiger partial charge in [0.2, 0.25) is 0 Å². The molecule has 1 aromatic rings. The number of hydrogen-bond acceptors (Lipinski definition) is 2. The van der Waals surface area contributed by atoms with E-state index in [0.29, 0.717) is 6.42 Å². The second-order valence-electron chi connectivity index (χ2n) is 4.96. The lowest BCUT2D eigenvalue weighted by atomic mass is 9.87. The van der Waals surface area contributed by atoms with Crippen molar-refractivity contribution in [3.8, 4) is 0 Å². The summed E-state index contributed by atoms with van der Waals surface area (Å²) in [5.41, 5.74) is 1.74. The molecule has 0 radical (unpaired) electrons. The second-order valence-corrected chi connectivity index (χ2v) is 4.96. The van der Waals surface area contributed by atoms with Crippen LogP contribution in [0.4, 0.5) is 5.69 Å². The molecule has 1 N–H and O–H groups in total. The Morgan fingerprint density at radius 3 is 2.40 bits per heavy atom. The fourth-order valence-corrected chi connectivity index (χ4v) is 1.52. The predicted octanol–water partition coefficient (Wildman–Crippen LogP) is 3.35. The number of rotatable bonds is 3. The second kappa shape index (κ2) is 4.47. The Morgan fingerprint density at radius 2 is 1.87 bits per heavy atom. The summed E-state index contributed by atoms with van der Waals surface area (Å²) in [7, 11) is 1.84. The van der Waals surface area contributed by atoms with Gasteiger partial charge in [-0.15, -0.1) is 0 Å². The van der Waals surface area contributed by atoms with Gasteiger partial charge < -0.3 is 5.32 Å². The van der Waals surface area contributed by atoms with E-state index in [2.05, 4.69) is 26.1 Å². The topological polar surface area (TPSA) is 29.1 Å². The van der Waals surface area contributed by atoms with Gasteiger partial charge in [-0.3, -0.25) is 4.79 Å². The molecule has 0 aliphatic carbocycles. The molecule has 0 heterocycles. The molecule has 2 heteroatoms. The molecule has 15 heavy (non-hydrogen) atoms. The van der Waals surface area contributed by atoms with Gasteiger partial charge in [0.15, 0.2) is 5.78 Å². The number of nitrogens with one attached hydrogen (secondary N) is 1. The smallest absolute Gasteiger partial charge is 0.165 e. The number of carbonyl (C=O) groups is 1. The van der Waals surface area contributed by atoms with Crippen LogP contribution in [0.2, 0.25) is 0 Å². The summed E-state index contributed by atoms with van der Waals surface area (Å²) in [5, 5.41) is 3.04. The first-order valence-electron chi connectivity index (χ1n) is 5.24. The zero-order valence-corrected chi connectivity index (χ0v) is 9.92. The van der Waals surface area contributed by atoms with Crippen LogP contribution in [-0.2, 0) is 0 Å². The largest absolute Gasteiger partial charge is 0.388 e. The summed E-state index contributed by atoms with van der Waals surface area (Å²) >= 11 is 0. The van der Waals surface area contributed by atoms with E-state index in [1.54, 1.807) is 0 Å². The lowest BCUT2D eigenvalue weighted by Gasteiger charge is -2.17. The monoisotopic (exact) mass is 205 g/mol. The van der Waals surface area contributed by atoms with Crippen molar-refractivity contribution in [3.63, 3.8) is 0 Å². The number of ketones is 1. The summed E-state index contributed by atoms with van der Waals surface area (Å²) in [4.78, 5) is 12.0. The molecule has 0 spiro atoms. The van der Waals surface area contributed by atoms with Crippen LogP contribution in [-0.4, -0.2) is 12.8 Å². The van der Waals surface area contributed by atoms with Crippen molar-refractivity contribution in [2.45, 2.75) is 27.2 Å². The van der Waals surface area contributed by atoms with E-state index in [4.69, 9.17) is 0 Å². The maximum absolute atomic E-state index is 12.0. The van der Waals surface area contributed by atoms with E-state index in [-0.39, 0.29) is 11.2 Å². The third-order valence-electron chi connectivity index (χ3n) is 2.19. The SMILES string of the molecule is CNc1ccccc1C(=O)CC(C)(C)C. The van der Waals surface area contributed by atoms with E-state index < -0.39 is 0 Å². The van der Waals surface area contributed by atoms with Crippen molar-refractivity contribution in [2.75, 3.05) is 12.4 Å². The maximum Gasteiger partial charge on any atom is 0.165 e. The third-order valence-corrected chi connectivity index (χ3v) is 2.19. The molecule has 2 nitrogen and oxygen atoms in total. The molecule has 0 saturated carbocycles. The lowest BCUT2D eigenvalue weighted by Crippen LogP contribution is -2.14. The first-order valence-corrected chi connectivity index (χ1v) is 5.24. The van der Waals surface area contributed by atoms with Crippen molar-refractivity contribution in [2.24, 2.45) is 5.41 Å². The number of carbonyl (C=O) groups excluding carboxylic acids is 1. The minimum absolute atomic E-state index is 0.0396. The minimum atomic E-state index is 0.0396. The minimum Gasteiger partial charge on any atom is -0.388 e. The molecule has 0 bridgehead atoms. The van der Waals surface area contributed by atoms with Gasteiger partial charge in [0, 0.05) is 24.7 Å². The average Bonchev–Trinajstić information content (AvgIpc) is 2.15. The van der Waals surface area contributed by atoms with Crippen LogP contribution < -0.4 is 5.32 Å². The van der Waals surface area contributed by atoms with Crippen molar-refractivity contribution in [3.05, 3.63) is 29.8 Å². The van der Waals surface area contributed by atoms with Crippen molar-refractivity contribution < 1.29 is 4.79 Å². The van der Waals surface area contributed by atoms with Gasteiger partial charge >= 0.3 is 0 Å². The fraction of sp³-hybridized carbons (Fsp3) is 0.462. The van der Waals surface area contributed by atoms with Gasteiger partial charge in [0.05, 0.1) is 0 Å². The summed E-state index contributed by atoms with van der Waals surface area (Å²) in [6.07, 6.45) is 0.575. The zero-order valence-electron chi connectivity index (χ0n) is 9.92. The first kappa shape index (κ1) is 11.8. The number of para-hydroxylation sites is 1. The first-order chi connectivity index (χ1) is 6.94. The molecule has 0 amide bonds. The molecule has 0 aliphatic rings. The van der Waals surface area contributed by atoms with E-state index in [0.717, 1.165) is 11.3 Å². The summed E-state index contributed by atoms with van der Waals surface area (Å²) in [6.45, 7) is 6.23. The lowest BCUT2D eigenvalue weighted by molar-refractivity contribution is 0.0940. The van der Waals surface area contributed by atoms with Gasteiger partial charge in [-0.25, -0.2) is 0 Å². The molecule has 1 rings (SSSR count). The van der Waals surface area contributed by atoms with Crippen LogP contribution in [0, 0.1) is 5.41 Å². The molecule has 0 atom stereocenters. The molecule has 0 aromatic heterocycles. The maximum atomic E-state index is 12.0. The Labute approximate surface area is 91.7 Å². The fourth-order valence-electron chi connectivity index (χ4n) is 1.52. The zero-order chi connectivity index (χ0) is 11.5. The molecule has 0 saturated heterocycles. The number of hydrogen-bond donors (Lipinski definition) is 1. The molecular formula is C13H19NO. The summed E-state index contributed by atoms with van der Waals surface area (Å²) in [6, 6.07) is 7.63. The quantitative estimate of drug-likeness (QED) is 0.767. The Hall–Kier alpha value is -1.31. The molecule has 82 valence electrons. The van der Waals surface area contributed by atoms with Crippen LogP contribution >= 0.6 is 0 Å². The Kier molecular flexibility index (Phi) is 3.51. The molecule has 0 unspecified atom stereocenters. The van der Waals surface area contributed by atoms with Gasteiger partial charge in [0.1, 0.15) is 0 Å². The Bertz CT molecular complexity index is 350. The van der Waals surface area contributed by atoms with Crippen LogP contribution in [0.1, 0.15) is 37.6 Å². The van der Waals surface area contributed by atoms with E-state index in [1.807, 2.05) is 31.3 Å². The van der Waals surface area contributed by atoms with E-state index in [9.17, 15) is 4.79 Å². The molecule has 0 fully saturated rings. The Balaban J connectivity index is 2.91. The third kappa shape index (κ3) is 3.39. The van der Waals surface area contributed by atoms with Crippen LogP contribution in [0.5, 0.6) is 0 Å². The highest BCUT2D eigenvalue weighted by atomic mass is 16.1. The molecular weight excluding hydrogens is 186 g/mol. The van der Waals surface area contributed by atoms with Gasteiger partial charge in [-0.2, -0.15) is 0 Å². The molecule has 0 aliphatic heterocycles. The highest BCUT2D eigenvalue weighted by molar-refractivity contribution is 6.01. The summed E-state index contributed by atoms with van der Waals surface area (Å²) < 4.78 is 0. The molecule has 1 aromatic carbocycles. The number of Topliss-reactive ketones (excluding diaryl/α,β-unsaturated/α-hetero) is 1. The van der Waals surface area contributed by atoms with Gasteiger partial charge in [-0.05, 0) is 17.5 Å². The van der Waals surface area contributed by atoms with Crippen LogP contribution in [0.3, 0.4) is 0 Å². The average molecular weight is 205 g/mol. The Morgan fingerprint density at radius 1 is 1.27 bits per heavy atom. The van der Waals surface area contributed by atoms with Gasteiger partial charge in [-0.1, -0.05) is 32.9 Å². The predicted molar refractivity (Wildman–Crippen MR) is 64.4 cm³/mol. The van der Waals surface area contributed by atoms with E-state index >= 15 is 0 Å². The standard InChI is InChI=1S/C13H19NO/c1-13(2,3)9-12(15)10-7-5-6-8-11(10)14-4/h5-8,14H,9H2,1-4H3. The number of benzene rings is 1. The van der Waals surface area contributed by atoms with Crippen LogP contribution in [0.15, 0.2) is 24.3 Å². The van der Waals surface area contributed by atoms with Crippen LogP contribution in [0.25, 0.3) is 0 Å². The normalized spacial score (nSPS) is 11.2. The number of anilines is 1. The summed E-state index contributed by atoms with van der Waals surface area (Å²) in [5.74, 6) is 0.201. The van der Waals surface area contributed by atoms with Crippen molar-refractivity contribution >= 4 is 11.5 Å². The van der Waals surface area contributed by atoms with E-state index in [1.165, 1.54) is 0 Å².